The van der Waals surface area contributed by atoms with Gasteiger partial charge in [-0.2, -0.15) is 0 Å². The SMILES string of the molecule is COC(=O)c1cccc(NC(=O)c2ccnc(NCCc3ccc(F)cc3)n2)c1. The van der Waals surface area contributed by atoms with Crippen molar-refractivity contribution in [2.45, 2.75) is 6.42 Å². The average Bonchev–Trinajstić information content (AvgIpc) is 2.75. The van der Waals surface area contributed by atoms with Gasteiger partial charge in [0.25, 0.3) is 5.91 Å². The fourth-order valence-electron chi connectivity index (χ4n) is 2.58. The van der Waals surface area contributed by atoms with Crippen molar-refractivity contribution < 1.29 is 18.7 Å². The zero-order valence-electron chi connectivity index (χ0n) is 15.7. The van der Waals surface area contributed by atoms with E-state index in [0.29, 0.717) is 30.2 Å². The predicted molar refractivity (Wildman–Crippen MR) is 106 cm³/mol. The molecule has 0 fully saturated rings. The van der Waals surface area contributed by atoms with Crippen molar-refractivity contribution in [3.63, 3.8) is 0 Å². The van der Waals surface area contributed by atoms with Crippen LogP contribution in [-0.2, 0) is 11.2 Å². The Labute approximate surface area is 167 Å². The Morgan fingerprint density at radius 1 is 1.10 bits per heavy atom. The molecule has 2 N–H and O–H groups in total. The Bertz CT molecular complexity index is 1010. The molecule has 1 heterocycles. The summed E-state index contributed by atoms with van der Waals surface area (Å²) >= 11 is 0. The van der Waals surface area contributed by atoms with Crippen LogP contribution in [0.4, 0.5) is 16.0 Å². The van der Waals surface area contributed by atoms with Gasteiger partial charge in [0.1, 0.15) is 11.5 Å². The molecule has 0 radical (unpaired) electrons. The van der Waals surface area contributed by atoms with E-state index in [4.69, 9.17) is 0 Å². The highest BCUT2D eigenvalue weighted by atomic mass is 19.1. The maximum Gasteiger partial charge on any atom is 0.337 e. The van der Waals surface area contributed by atoms with E-state index >= 15 is 0 Å². The number of amides is 1. The molecule has 0 aliphatic heterocycles. The molecule has 0 spiro atoms. The van der Waals surface area contributed by atoms with E-state index in [9.17, 15) is 14.0 Å². The van der Waals surface area contributed by atoms with Crippen molar-refractivity contribution >= 4 is 23.5 Å². The maximum atomic E-state index is 12.9. The second-order valence-corrected chi connectivity index (χ2v) is 6.10. The quantitative estimate of drug-likeness (QED) is 0.597. The number of rotatable bonds is 7. The van der Waals surface area contributed by atoms with Crippen LogP contribution in [0, 0.1) is 5.82 Å². The van der Waals surface area contributed by atoms with Crippen molar-refractivity contribution in [1.29, 1.82) is 0 Å². The lowest BCUT2D eigenvalue weighted by Crippen LogP contribution is -2.16. The normalized spacial score (nSPS) is 10.3. The molecule has 29 heavy (non-hydrogen) atoms. The number of aromatic nitrogens is 2. The Kier molecular flexibility index (Phi) is 6.47. The van der Waals surface area contributed by atoms with Gasteiger partial charge < -0.3 is 15.4 Å². The van der Waals surface area contributed by atoms with Crippen molar-refractivity contribution in [2.75, 3.05) is 24.3 Å². The van der Waals surface area contributed by atoms with Gasteiger partial charge in [0.15, 0.2) is 0 Å². The zero-order valence-corrected chi connectivity index (χ0v) is 15.7. The maximum absolute atomic E-state index is 12.9. The molecule has 3 rings (SSSR count). The van der Waals surface area contributed by atoms with Gasteiger partial charge in [-0.15, -0.1) is 0 Å². The van der Waals surface area contributed by atoms with Gasteiger partial charge in [-0.25, -0.2) is 19.2 Å². The monoisotopic (exact) mass is 394 g/mol. The van der Waals surface area contributed by atoms with Crippen LogP contribution >= 0.6 is 0 Å². The zero-order chi connectivity index (χ0) is 20.6. The molecule has 1 amide bonds. The second kappa shape index (κ2) is 9.41. The second-order valence-electron chi connectivity index (χ2n) is 6.10. The summed E-state index contributed by atoms with van der Waals surface area (Å²) in [5.74, 6) is -0.893. The molecule has 0 bridgehead atoms. The fourth-order valence-corrected chi connectivity index (χ4v) is 2.58. The third-order valence-corrected chi connectivity index (χ3v) is 4.04. The van der Waals surface area contributed by atoms with Crippen LogP contribution < -0.4 is 10.6 Å². The summed E-state index contributed by atoms with van der Waals surface area (Å²) in [5.41, 5.74) is 1.92. The highest BCUT2D eigenvalue weighted by Crippen LogP contribution is 2.13. The van der Waals surface area contributed by atoms with E-state index in [0.717, 1.165) is 5.56 Å². The number of carbonyl (C=O) groups is 2. The molecule has 0 aliphatic rings. The van der Waals surface area contributed by atoms with Crippen LogP contribution in [0.3, 0.4) is 0 Å². The molecule has 0 saturated carbocycles. The van der Waals surface area contributed by atoms with E-state index in [2.05, 4.69) is 25.3 Å². The number of hydrogen-bond donors (Lipinski definition) is 2. The van der Waals surface area contributed by atoms with E-state index in [1.807, 2.05) is 0 Å². The summed E-state index contributed by atoms with van der Waals surface area (Å²) in [7, 11) is 1.29. The molecule has 0 unspecified atom stereocenters. The molecule has 8 heteroatoms. The molecule has 1 aromatic heterocycles. The van der Waals surface area contributed by atoms with Crippen LogP contribution in [0.15, 0.2) is 60.8 Å². The van der Waals surface area contributed by atoms with E-state index < -0.39 is 11.9 Å². The minimum Gasteiger partial charge on any atom is -0.465 e. The fraction of sp³-hybridized carbons (Fsp3) is 0.143. The Morgan fingerprint density at radius 2 is 1.90 bits per heavy atom. The summed E-state index contributed by atoms with van der Waals surface area (Å²) < 4.78 is 17.6. The summed E-state index contributed by atoms with van der Waals surface area (Å²) in [6, 6.07) is 14.1. The highest BCUT2D eigenvalue weighted by molar-refractivity contribution is 6.03. The minimum absolute atomic E-state index is 0.174. The molecule has 148 valence electrons. The number of hydrogen-bond acceptors (Lipinski definition) is 6. The van der Waals surface area contributed by atoms with Gasteiger partial charge in [-0.3, -0.25) is 4.79 Å². The standard InChI is InChI=1S/C21H19FN4O3/c1-29-20(28)15-3-2-4-17(13-15)25-19(27)18-10-12-24-21(26-18)23-11-9-14-5-7-16(22)8-6-14/h2-8,10,12-13H,9,11H2,1H3,(H,25,27)(H,23,24,26). The van der Waals surface area contributed by atoms with Gasteiger partial charge >= 0.3 is 5.97 Å². The molecule has 0 saturated heterocycles. The van der Waals surface area contributed by atoms with Gasteiger partial charge in [-0.1, -0.05) is 18.2 Å². The Balaban J connectivity index is 1.60. The first-order chi connectivity index (χ1) is 14.0. The van der Waals surface area contributed by atoms with Crippen LogP contribution in [0.2, 0.25) is 0 Å². The van der Waals surface area contributed by atoms with Gasteiger partial charge in [0.05, 0.1) is 12.7 Å². The number of ether oxygens (including phenoxy) is 1. The molecule has 2 aromatic carbocycles. The summed E-state index contributed by atoms with van der Waals surface area (Å²) in [6.45, 7) is 0.526. The number of nitrogens with one attached hydrogen (secondary N) is 2. The van der Waals surface area contributed by atoms with Crippen LogP contribution in [0.1, 0.15) is 26.4 Å². The number of benzene rings is 2. The first-order valence-corrected chi connectivity index (χ1v) is 8.86. The van der Waals surface area contributed by atoms with Crippen molar-refractivity contribution in [2.24, 2.45) is 0 Å². The van der Waals surface area contributed by atoms with Crippen molar-refractivity contribution in [3.8, 4) is 0 Å². The molecule has 0 aliphatic carbocycles. The molecule has 0 atom stereocenters. The molecule has 3 aromatic rings. The number of carbonyl (C=O) groups excluding carboxylic acids is 2. The summed E-state index contributed by atoms with van der Waals surface area (Å²) in [6.07, 6.45) is 2.13. The first kappa shape index (κ1) is 19.9. The van der Waals surface area contributed by atoms with Crippen LogP contribution in [0.5, 0.6) is 0 Å². The lowest BCUT2D eigenvalue weighted by Gasteiger charge is -2.08. The lowest BCUT2D eigenvalue weighted by atomic mass is 10.1. The van der Waals surface area contributed by atoms with E-state index in [1.165, 1.54) is 37.6 Å². The number of esters is 1. The van der Waals surface area contributed by atoms with Crippen molar-refractivity contribution in [1.82, 2.24) is 9.97 Å². The molecule has 7 nitrogen and oxygen atoms in total. The van der Waals surface area contributed by atoms with E-state index in [-0.39, 0.29) is 11.5 Å². The van der Waals surface area contributed by atoms with Gasteiger partial charge in [-0.05, 0) is 48.4 Å². The minimum atomic E-state index is -0.490. The third-order valence-electron chi connectivity index (χ3n) is 4.04. The number of methoxy groups -OCH3 is 1. The Morgan fingerprint density at radius 3 is 2.66 bits per heavy atom. The van der Waals surface area contributed by atoms with Crippen LogP contribution in [-0.4, -0.2) is 35.5 Å². The smallest absolute Gasteiger partial charge is 0.337 e. The molecular weight excluding hydrogens is 375 g/mol. The van der Waals surface area contributed by atoms with Crippen LogP contribution in [0.25, 0.3) is 0 Å². The highest BCUT2D eigenvalue weighted by Gasteiger charge is 2.11. The summed E-state index contributed by atoms with van der Waals surface area (Å²) in [4.78, 5) is 32.4. The number of anilines is 2. The molecular formula is C21H19FN4O3. The van der Waals surface area contributed by atoms with Gasteiger partial charge in [0.2, 0.25) is 5.95 Å². The topological polar surface area (TPSA) is 93.2 Å². The lowest BCUT2D eigenvalue weighted by molar-refractivity contribution is 0.0600. The average molecular weight is 394 g/mol. The Hall–Kier alpha value is -3.81. The van der Waals surface area contributed by atoms with Gasteiger partial charge in [0, 0.05) is 18.4 Å². The number of halogens is 1. The number of nitrogens with zero attached hydrogens (tertiary/aromatic N) is 2. The van der Waals surface area contributed by atoms with Crippen molar-refractivity contribution in [3.05, 3.63) is 83.4 Å². The third kappa shape index (κ3) is 5.58. The predicted octanol–water partition coefficient (Wildman–Crippen LogP) is 3.31. The first-order valence-electron chi connectivity index (χ1n) is 8.86. The van der Waals surface area contributed by atoms with E-state index in [1.54, 1.807) is 30.3 Å². The largest absolute Gasteiger partial charge is 0.465 e. The summed E-state index contributed by atoms with van der Waals surface area (Å²) in [5, 5.41) is 5.73.